The first-order chi connectivity index (χ1) is 6.76. The van der Waals surface area contributed by atoms with Gasteiger partial charge in [-0.25, -0.2) is 15.6 Å². The third kappa shape index (κ3) is 3.00. The monoisotopic (exact) mass is 197 g/mol. The van der Waals surface area contributed by atoms with Gasteiger partial charge < -0.3 is 9.57 Å². The number of hydrogen-bond donors (Lipinski definition) is 2. The van der Waals surface area contributed by atoms with Crippen molar-refractivity contribution >= 4 is 5.97 Å². The number of nitrogens with one attached hydrogen (secondary N) is 1. The Bertz CT molecular complexity index is 299. The number of ether oxygens (including phenoxy) is 1. The van der Waals surface area contributed by atoms with Gasteiger partial charge in [-0.05, 0) is 5.56 Å². The lowest BCUT2D eigenvalue weighted by molar-refractivity contribution is -0.150. The van der Waals surface area contributed by atoms with Crippen LogP contribution in [0.2, 0.25) is 0 Å². The quantitative estimate of drug-likeness (QED) is 0.502. The highest BCUT2D eigenvalue weighted by atomic mass is 16.7. The fourth-order valence-electron chi connectivity index (χ4n) is 0.905. The average molecular weight is 197 g/mol. The van der Waals surface area contributed by atoms with Gasteiger partial charge in [0.1, 0.15) is 0 Å². The van der Waals surface area contributed by atoms with Crippen LogP contribution >= 0.6 is 0 Å². The molecule has 0 aliphatic carbocycles. The van der Waals surface area contributed by atoms with E-state index in [1.807, 2.05) is 5.59 Å². The lowest BCUT2D eigenvalue weighted by Crippen LogP contribution is -2.27. The second kappa shape index (κ2) is 5.15. The molecule has 0 spiro atoms. The number of carbonyl (C=O) groups excluding carboxylic acids is 1. The minimum atomic E-state index is -0.473. The third-order valence-electron chi connectivity index (χ3n) is 1.53. The van der Waals surface area contributed by atoms with E-state index in [4.69, 9.17) is 10.6 Å². The number of carbonyl (C=O) groups is 1. The summed E-state index contributed by atoms with van der Waals surface area (Å²) < 4.78 is 4.86. The van der Waals surface area contributed by atoms with Gasteiger partial charge in [0.15, 0.2) is 0 Å². The van der Waals surface area contributed by atoms with E-state index in [0.717, 1.165) is 5.56 Å². The van der Waals surface area contributed by atoms with Crippen molar-refractivity contribution in [1.29, 1.82) is 0 Å². The molecule has 0 radical (unpaired) electrons. The molecular weight excluding hydrogens is 186 g/mol. The smallest absolute Gasteiger partial charge is 0.330 e. The van der Waals surface area contributed by atoms with E-state index in [9.17, 15) is 4.79 Å². The summed E-state index contributed by atoms with van der Waals surface area (Å²) >= 11 is 0. The molecule has 0 amide bonds. The molecule has 0 aliphatic rings. The standard InChI is InChI=1S/C8H11N3O3/c1-13-7-3-2-6(5-10-7)4-8(12)14-11-9/h2-3,5,11H,4,9H2,1H3. The topological polar surface area (TPSA) is 86.5 Å². The van der Waals surface area contributed by atoms with Gasteiger partial charge in [0, 0.05) is 12.3 Å². The lowest BCUT2D eigenvalue weighted by atomic mass is 10.2. The van der Waals surface area contributed by atoms with Crippen LogP contribution < -0.4 is 16.2 Å². The SMILES string of the molecule is COc1ccc(CC(=O)ONN)cn1. The van der Waals surface area contributed by atoms with E-state index in [2.05, 4.69) is 9.82 Å². The molecule has 1 rings (SSSR count). The molecule has 76 valence electrons. The van der Waals surface area contributed by atoms with Crippen molar-refractivity contribution in [3.63, 3.8) is 0 Å². The predicted octanol–water partition coefficient (Wildman–Crippen LogP) is -0.446. The zero-order valence-electron chi connectivity index (χ0n) is 7.69. The van der Waals surface area contributed by atoms with Gasteiger partial charge in [-0.2, -0.15) is 0 Å². The number of hydrazine groups is 1. The molecule has 0 aliphatic heterocycles. The van der Waals surface area contributed by atoms with Crippen molar-refractivity contribution in [2.24, 2.45) is 5.84 Å². The number of aromatic nitrogens is 1. The van der Waals surface area contributed by atoms with E-state index in [-0.39, 0.29) is 6.42 Å². The van der Waals surface area contributed by atoms with Gasteiger partial charge in [0.05, 0.1) is 13.5 Å². The molecule has 0 bridgehead atoms. The summed E-state index contributed by atoms with van der Waals surface area (Å²) in [6, 6.07) is 3.39. The molecule has 0 fully saturated rings. The molecule has 0 atom stereocenters. The summed E-state index contributed by atoms with van der Waals surface area (Å²) in [5.41, 5.74) is 2.54. The summed E-state index contributed by atoms with van der Waals surface area (Å²) in [6.45, 7) is 0. The molecule has 6 nitrogen and oxygen atoms in total. The first-order valence-electron chi connectivity index (χ1n) is 3.90. The third-order valence-corrected chi connectivity index (χ3v) is 1.53. The normalized spacial score (nSPS) is 9.57. The molecular formula is C8H11N3O3. The Hall–Kier alpha value is -1.66. The van der Waals surface area contributed by atoms with Crippen molar-refractivity contribution in [2.45, 2.75) is 6.42 Å². The van der Waals surface area contributed by atoms with Crippen molar-refractivity contribution in [3.8, 4) is 5.88 Å². The Labute approximate surface area is 80.9 Å². The zero-order chi connectivity index (χ0) is 10.4. The number of pyridine rings is 1. The first-order valence-corrected chi connectivity index (χ1v) is 3.90. The van der Waals surface area contributed by atoms with Gasteiger partial charge in [0.25, 0.3) is 0 Å². The van der Waals surface area contributed by atoms with Crippen LogP contribution in [-0.4, -0.2) is 18.1 Å². The molecule has 0 saturated heterocycles. The Balaban J connectivity index is 2.55. The Morgan fingerprint density at radius 1 is 1.64 bits per heavy atom. The maximum absolute atomic E-state index is 10.9. The number of methoxy groups -OCH3 is 1. The fourth-order valence-corrected chi connectivity index (χ4v) is 0.905. The van der Waals surface area contributed by atoms with Crippen LogP contribution in [0.4, 0.5) is 0 Å². The van der Waals surface area contributed by atoms with Crippen LogP contribution in [0.15, 0.2) is 18.3 Å². The van der Waals surface area contributed by atoms with Gasteiger partial charge in [0.2, 0.25) is 5.88 Å². The van der Waals surface area contributed by atoms with Crippen LogP contribution in [0.5, 0.6) is 5.88 Å². The molecule has 1 aromatic rings. The van der Waals surface area contributed by atoms with Crippen LogP contribution in [0.1, 0.15) is 5.56 Å². The van der Waals surface area contributed by atoms with E-state index in [1.165, 1.54) is 13.3 Å². The number of hydrogen-bond acceptors (Lipinski definition) is 6. The van der Waals surface area contributed by atoms with Crippen LogP contribution in [0.3, 0.4) is 0 Å². The maximum atomic E-state index is 10.9. The van der Waals surface area contributed by atoms with Crippen molar-refractivity contribution in [1.82, 2.24) is 10.6 Å². The molecule has 1 heterocycles. The molecule has 3 N–H and O–H groups in total. The summed E-state index contributed by atoms with van der Waals surface area (Å²) in [7, 11) is 1.52. The largest absolute Gasteiger partial charge is 0.481 e. The highest BCUT2D eigenvalue weighted by molar-refractivity contribution is 5.72. The summed E-state index contributed by atoms with van der Waals surface area (Å²) in [4.78, 5) is 19.2. The second-order valence-electron chi connectivity index (χ2n) is 2.48. The van der Waals surface area contributed by atoms with E-state index >= 15 is 0 Å². The summed E-state index contributed by atoms with van der Waals surface area (Å²) in [5.74, 6) is 4.83. The molecule has 1 aromatic heterocycles. The molecule has 6 heteroatoms. The van der Waals surface area contributed by atoms with Crippen LogP contribution in [0, 0.1) is 0 Å². The molecule has 0 unspecified atom stereocenters. The predicted molar refractivity (Wildman–Crippen MR) is 47.9 cm³/mol. The second-order valence-corrected chi connectivity index (χ2v) is 2.48. The highest BCUT2D eigenvalue weighted by Gasteiger charge is 2.04. The van der Waals surface area contributed by atoms with Gasteiger partial charge >= 0.3 is 5.97 Å². The van der Waals surface area contributed by atoms with Crippen LogP contribution in [0.25, 0.3) is 0 Å². The molecule has 0 saturated carbocycles. The Kier molecular flexibility index (Phi) is 3.84. The number of nitrogens with zero attached hydrogens (tertiary/aromatic N) is 1. The first kappa shape index (κ1) is 10.4. The summed E-state index contributed by atoms with van der Waals surface area (Å²) in [5, 5.41) is 0. The molecule has 0 aromatic carbocycles. The van der Waals surface area contributed by atoms with Crippen molar-refractivity contribution in [2.75, 3.05) is 7.11 Å². The highest BCUT2D eigenvalue weighted by Crippen LogP contribution is 2.07. The average Bonchev–Trinajstić information content (AvgIpc) is 2.19. The number of rotatable bonds is 4. The maximum Gasteiger partial charge on any atom is 0.330 e. The van der Waals surface area contributed by atoms with E-state index in [1.54, 1.807) is 12.1 Å². The Morgan fingerprint density at radius 2 is 2.43 bits per heavy atom. The minimum absolute atomic E-state index is 0.112. The Morgan fingerprint density at radius 3 is 2.93 bits per heavy atom. The van der Waals surface area contributed by atoms with E-state index < -0.39 is 5.97 Å². The van der Waals surface area contributed by atoms with Crippen molar-refractivity contribution < 1.29 is 14.4 Å². The summed E-state index contributed by atoms with van der Waals surface area (Å²) in [6.07, 6.45) is 1.65. The van der Waals surface area contributed by atoms with Gasteiger partial charge in [-0.15, -0.1) is 0 Å². The zero-order valence-corrected chi connectivity index (χ0v) is 7.69. The van der Waals surface area contributed by atoms with E-state index in [0.29, 0.717) is 5.88 Å². The van der Waals surface area contributed by atoms with Gasteiger partial charge in [-0.3, -0.25) is 0 Å². The van der Waals surface area contributed by atoms with Crippen LogP contribution in [-0.2, 0) is 16.1 Å². The van der Waals surface area contributed by atoms with Gasteiger partial charge in [-0.1, -0.05) is 11.7 Å². The number of nitrogens with two attached hydrogens (primary N) is 1. The lowest BCUT2D eigenvalue weighted by Gasteiger charge is -2.02. The fraction of sp³-hybridized carbons (Fsp3) is 0.250. The van der Waals surface area contributed by atoms with Crippen molar-refractivity contribution in [3.05, 3.63) is 23.9 Å². The molecule has 14 heavy (non-hydrogen) atoms. The minimum Gasteiger partial charge on any atom is -0.481 e.